The maximum atomic E-state index is 13.4. The average molecular weight is 415 g/mol. The van der Waals surface area contributed by atoms with Crippen molar-refractivity contribution in [2.45, 2.75) is 20.4 Å². The summed E-state index contributed by atoms with van der Waals surface area (Å²) in [6.45, 7) is 4.57. The van der Waals surface area contributed by atoms with Crippen molar-refractivity contribution in [2.75, 3.05) is 20.8 Å². The summed E-state index contributed by atoms with van der Waals surface area (Å²) in [5.74, 6) is 1.54. The highest BCUT2D eigenvalue weighted by atomic mass is 35.5. The number of hydrogen-bond acceptors (Lipinski definition) is 5. The summed E-state index contributed by atoms with van der Waals surface area (Å²) in [6, 6.07) is 12.9. The number of aromatic nitrogens is 1. The van der Waals surface area contributed by atoms with E-state index >= 15 is 0 Å². The first-order valence-corrected chi connectivity index (χ1v) is 9.59. The average Bonchev–Trinajstić information content (AvgIpc) is 3.12. The number of hydrogen-bond donors (Lipinski definition) is 0. The molecular formula is C22H23ClN2O4. The van der Waals surface area contributed by atoms with Gasteiger partial charge in [0.2, 0.25) is 0 Å². The number of ether oxygens (including phenoxy) is 2. The second-order valence-electron chi connectivity index (χ2n) is 6.45. The van der Waals surface area contributed by atoms with Crippen LogP contribution in [0.2, 0.25) is 5.02 Å². The summed E-state index contributed by atoms with van der Waals surface area (Å²) in [5, 5.41) is 4.61. The maximum absolute atomic E-state index is 13.4. The number of rotatable bonds is 7. The van der Waals surface area contributed by atoms with Crippen LogP contribution in [-0.4, -0.2) is 36.7 Å². The molecule has 0 N–H and O–H groups in total. The Labute approximate surface area is 175 Å². The predicted molar refractivity (Wildman–Crippen MR) is 112 cm³/mol. The van der Waals surface area contributed by atoms with Gasteiger partial charge in [-0.3, -0.25) is 4.79 Å². The SMILES string of the molecule is CCN(Cc1ccc(OC)c(OC)c1)C(=O)c1c(-c2ccccc2Cl)noc1C. The van der Waals surface area contributed by atoms with Crippen LogP contribution >= 0.6 is 11.6 Å². The molecule has 0 bridgehead atoms. The van der Waals surface area contributed by atoms with Crippen LogP contribution in [-0.2, 0) is 6.54 Å². The van der Waals surface area contributed by atoms with Gasteiger partial charge in [-0.15, -0.1) is 0 Å². The maximum Gasteiger partial charge on any atom is 0.260 e. The molecule has 0 saturated carbocycles. The van der Waals surface area contributed by atoms with Gasteiger partial charge >= 0.3 is 0 Å². The van der Waals surface area contributed by atoms with Gasteiger partial charge in [0.25, 0.3) is 5.91 Å². The highest BCUT2D eigenvalue weighted by Crippen LogP contribution is 2.32. The Morgan fingerprint density at radius 1 is 1.14 bits per heavy atom. The zero-order valence-corrected chi connectivity index (χ0v) is 17.6. The quantitative estimate of drug-likeness (QED) is 0.545. The van der Waals surface area contributed by atoms with Gasteiger partial charge in [0.1, 0.15) is 17.0 Å². The Morgan fingerprint density at radius 2 is 1.86 bits per heavy atom. The second kappa shape index (κ2) is 9.01. The molecule has 0 radical (unpaired) electrons. The molecule has 152 valence electrons. The molecule has 0 aliphatic heterocycles. The van der Waals surface area contributed by atoms with Crippen molar-refractivity contribution in [3.8, 4) is 22.8 Å². The Hall–Kier alpha value is -2.99. The van der Waals surface area contributed by atoms with E-state index in [0.29, 0.717) is 52.2 Å². The fraction of sp³-hybridized carbons (Fsp3) is 0.273. The molecule has 0 unspecified atom stereocenters. The Kier molecular flexibility index (Phi) is 6.44. The van der Waals surface area contributed by atoms with E-state index in [1.54, 1.807) is 32.1 Å². The zero-order chi connectivity index (χ0) is 21.0. The van der Waals surface area contributed by atoms with E-state index in [0.717, 1.165) is 5.56 Å². The molecule has 29 heavy (non-hydrogen) atoms. The largest absolute Gasteiger partial charge is 0.493 e. The molecule has 1 aromatic heterocycles. The monoisotopic (exact) mass is 414 g/mol. The van der Waals surface area contributed by atoms with Crippen LogP contribution in [0.1, 0.15) is 28.6 Å². The van der Waals surface area contributed by atoms with E-state index in [2.05, 4.69) is 5.16 Å². The second-order valence-corrected chi connectivity index (χ2v) is 6.86. The lowest BCUT2D eigenvalue weighted by atomic mass is 10.0. The number of carbonyl (C=O) groups excluding carboxylic acids is 1. The highest BCUT2D eigenvalue weighted by molar-refractivity contribution is 6.33. The zero-order valence-electron chi connectivity index (χ0n) is 16.9. The van der Waals surface area contributed by atoms with E-state index < -0.39 is 0 Å². The number of carbonyl (C=O) groups is 1. The van der Waals surface area contributed by atoms with Crippen molar-refractivity contribution in [3.05, 3.63) is 64.4 Å². The van der Waals surface area contributed by atoms with Crippen molar-refractivity contribution in [2.24, 2.45) is 0 Å². The lowest BCUT2D eigenvalue weighted by molar-refractivity contribution is 0.0751. The summed E-state index contributed by atoms with van der Waals surface area (Å²) in [7, 11) is 3.17. The molecule has 6 nitrogen and oxygen atoms in total. The first-order valence-electron chi connectivity index (χ1n) is 9.21. The number of methoxy groups -OCH3 is 2. The molecule has 1 amide bonds. The van der Waals surface area contributed by atoms with Crippen LogP contribution in [0.25, 0.3) is 11.3 Å². The van der Waals surface area contributed by atoms with E-state index in [1.165, 1.54) is 0 Å². The summed E-state index contributed by atoms with van der Waals surface area (Å²) in [4.78, 5) is 15.1. The number of benzene rings is 2. The molecular weight excluding hydrogens is 392 g/mol. The van der Waals surface area contributed by atoms with Crippen molar-refractivity contribution in [3.63, 3.8) is 0 Å². The van der Waals surface area contributed by atoms with Crippen LogP contribution in [0.4, 0.5) is 0 Å². The third kappa shape index (κ3) is 4.22. The minimum absolute atomic E-state index is 0.170. The molecule has 3 rings (SSSR count). The van der Waals surface area contributed by atoms with Crippen LogP contribution in [0.5, 0.6) is 11.5 Å². The predicted octanol–water partition coefficient (Wildman–Crippen LogP) is 4.98. The first-order chi connectivity index (χ1) is 14.0. The number of amides is 1. The molecule has 0 aliphatic carbocycles. The van der Waals surface area contributed by atoms with Gasteiger partial charge in [0.05, 0.1) is 19.2 Å². The molecule has 0 spiro atoms. The molecule has 7 heteroatoms. The lowest BCUT2D eigenvalue weighted by Crippen LogP contribution is -2.31. The fourth-order valence-electron chi connectivity index (χ4n) is 3.15. The van der Waals surface area contributed by atoms with Crippen molar-refractivity contribution in [1.82, 2.24) is 10.1 Å². The van der Waals surface area contributed by atoms with Crippen LogP contribution in [0.15, 0.2) is 47.0 Å². The van der Waals surface area contributed by atoms with Crippen molar-refractivity contribution < 1.29 is 18.8 Å². The Morgan fingerprint density at radius 3 is 2.52 bits per heavy atom. The van der Waals surface area contributed by atoms with Gasteiger partial charge in [-0.25, -0.2) is 0 Å². The molecule has 0 atom stereocenters. The van der Waals surface area contributed by atoms with E-state index in [9.17, 15) is 4.79 Å². The van der Waals surface area contributed by atoms with Crippen molar-refractivity contribution >= 4 is 17.5 Å². The van der Waals surface area contributed by atoms with Gasteiger partial charge in [-0.05, 0) is 37.6 Å². The van der Waals surface area contributed by atoms with Crippen LogP contribution in [0.3, 0.4) is 0 Å². The summed E-state index contributed by atoms with van der Waals surface area (Å²) in [6.07, 6.45) is 0. The lowest BCUT2D eigenvalue weighted by Gasteiger charge is -2.22. The van der Waals surface area contributed by atoms with E-state index in [1.807, 2.05) is 43.3 Å². The van der Waals surface area contributed by atoms with Crippen molar-refractivity contribution in [1.29, 1.82) is 0 Å². The minimum atomic E-state index is -0.170. The number of halogens is 1. The van der Waals surface area contributed by atoms with Gasteiger partial charge in [-0.1, -0.05) is 41.0 Å². The standard InChI is InChI=1S/C22H23ClN2O4/c1-5-25(13-15-10-11-18(27-3)19(12-15)28-4)22(26)20-14(2)29-24-21(20)16-8-6-7-9-17(16)23/h6-12H,5,13H2,1-4H3. The fourth-order valence-corrected chi connectivity index (χ4v) is 3.37. The molecule has 0 aliphatic rings. The highest BCUT2D eigenvalue weighted by Gasteiger charge is 2.26. The first kappa shape index (κ1) is 20.7. The third-order valence-electron chi connectivity index (χ3n) is 4.70. The number of nitrogens with zero attached hydrogens (tertiary/aromatic N) is 2. The third-order valence-corrected chi connectivity index (χ3v) is 5.03. The van der Waals surface area contributed by atoms with Gasteiger partial charge in [0, 0.05) is 18.7 Å². The Bertz CT molecular complexity index is 1020. The summed E-state index contributed by atoms with van der Waals surface area (Å²) >= 11 is 6.32. The normalized spacial score (nSPS) is 10.7. The molecule has 1 heterocycles. The molecule has 2 aromatic carbocycles. The van der Waals surface area contributed by atoms with E-state index in [-0.39, 0.29) is 5.91 Å². The number of aryl methyl sites for hydroxylation is 1. The molecule has 0 fully saturated rings. The van der Waals surface area contributed by atoms with Gasteiger partial charge < -0.3 is 18.9 Å². The van der Waals surface area contributed by atoms with Crippen LogP contribution in [0, 0.1) is 6.92 Å². The Balaban J connectivity index is 1.93. The minimum Gasteiger partial charge on any atom is -0.493 e. The summed E-state index contributed by atoms with van der Waals surface area (Å²) in [5.41, 5.74) is 2.45. The molecule has 0 saturated heterocycles. The van der Waals surface area contributed by atoms with Gasteiger partial charge in [-0.2, -0.15) is 0 Å². The smallest absolute Gasteiger partial charge is 0.260 e. The van der Waals surface area contributed by atoms with E-state index in [4.69, 9.17) is 25.6 Å². The summed E-state index contributed by atoms with van der Waals surface area (Å²) < 4.78 is 16.0. The van der Waals surface area contributed by atoms with Gasteiger partial charge in [0.15, 0.2) is 11.5 Å². The van der Waals surface area contributed by atoms with Crippen LogP contribution < -0.4 is 9.47 Å². The topological polar surface area (TPSA) is 64.8 Å². The molecule has 3 aromatic rings.